The van der Waals surface area contributed by atoms with Crippen molar-refractivity contribution < 1.29 is 14.4 Å². The lowest BCUT2D eigenvalue weighted by Crippen LogP contribution is -2.18. The molecule has 1 rings (SSSR count). The molecule has 3 amide bonds. The molecular weight excluding hydrogens is 160 g/mol. The third-order valence-electron chi connectivity index (χ3n) is 1.07. The highest BCUT2D eigenvalue weighted by Crippen LogP contribution is 1.95. The maximum Gasteiger partial charge on any atom is 0.227 e. The van der Waals surface area contributed by atoms with Crippen LogP contribution in [0.3, 0.4) is 0 Å². The van der Waals surface area contributed by atoms with Gasteiger partial charge in [0.25, 0.3) is 0 Å². The summed E-state index contributed by atoms with van der Waals surface area (Å²) in [6.07, 6.45) is 1.50. The Labute approximate surface area is 70.7 Å². The van der Waals surface area contributed by atoms with Gasteiger partial charge in [0.2, 0.25) is 18.2 Å². The minimum absolute atomic E-state index is 0.148. The lowest BCUT2D eigenvalue weighted by atomic mass is 10.4. The minimum atomic E-state index is -0.148. The fourth-order valence-corrected chi connectivity index (χ4v) is 0.508. The summed E-state index contributed by atoms with van der Waals surface area (Å²) in [6, 6.07) is 0. The lowest BCUT2D eigenvalue weighted by molar-refractivity contribution is -0.124. The number of rotatable bonds is 1. The fourth-order valence-electron chi connectivity index (χ4n) is 0.508. The second-order valence-corrected chi connectivity index (χ2v) is 2.54. The topological polar surface area (TPSA) is 66.5 Å². The fraction of sp³-hybridized carbons (Fsp3) is 0.571. The Kier molecular flexibility index (Phi) is 4.67. The minimum Gasteiger partial charge on any atom is -0.351 e. The quantitative estimate of drug-likeness (QED) is 0.413. The van der Waals surface area contributed by atoms with Crippen molar-refractivity contribution in [2.24, 2.45) is 0 Å². The summed E-state index contributed by atoms with van der Waals surface area (Å²) in [5.74, 6) is -0.296. The van der Waals surface area contributed by atoms with Crippen molar-refractivity contribution in [2.75, 3.05) is 14.1 Å². The first-order valence-corrected chi connectivity index (χ1v) is 3.50. The summed E-state index contributed by atoms with van der Waals surface area (Å²) in [5.41, 5.74) is 0. The van der Waals surface area contributed by atoms with E-state index in [4.69, 9.17) is 0 Å². The lowest BCUT2D eigenvalue weighted by Gasteiger charge is -1.93. The highest BCUT2D eigenvalue weighted by Gasteiger charge is 2.15. The van der Waals surface area contributed by atoms with Crippen molar-refractivity contribution in [3.8, 4) is 0 Å². The Morgan fingerprint density at radius 1 is 1.25 bits per heavy atom. The monoisotopic (exact) mass is 172 g/mol. The first-order valence-electron chi connectivity index (χ1n) is 3.50. The Morgan fingerprint density at radius 2 is 1.58 bits per heavy atom. The number of imide groups is 1. The van der Waals surface area contributed by atoms with Gasteiger partial charge in [-0.25, -0.2) is 0 Å². The van der Waals surface area contributed by atoms with Crippen molar-refractivity contribution >= 4 is 18.2 Å². The van der Waals surface area contributed by atoms with E-state index in [0.717, 1.165) is 6.41 Å². The van der Waals surface area contributed by atoms with Gasteiger partial charge < -0.3 is 4.90 Å². The van der Waals surface area contributed by atoms with Gasteiger partial charge in [0.15, 0.2) is 0 Å². The number of nitrogens with one attached hydrogen (secondary N) is 1. The van der Waals surface area contributed by atoms with Crippen LogP contribution >= 0.6 is 0 Å². The molecule has 1 saturated heterocycles. The molecule has 0 aromatic carbocycles. The van der Waals surface area contributed by atoms with E-state index in [1.807, 2.05) is 0 Å². The number of nitrogens with zero attached hydrogens (tertiary/aromatic N) is 1. The molecular formula is C7H12N2O3. The molecule has 1 N–H and O–H groups in total. The van der Waals surface area contributed by atoms with Crippen molar-refractivity contribution in [1.82, 2.24) is 10.2 Å². The van der Waals surface area contributed by atoms with Crippen LogP contribution in [0.25, 0.3) is 0 Å². The van der Waals surface area contributed by atoms with E-state index in [1.165, 1.54) is 4.90 Å². The number of amides is 3. The van der Waals surface area contributed by atoms with Gasteiger partial charge in [0.1, 0.15) is 0 Å². The van der Waals surface area contributed by atoms with E-state index in [9.17, 15) is 14.4 Å². The Hall–Kier alpha value is -1.39. The molecule has 0 unspecified atom stereocenters. The maximum atomic E-state index is 10.1. The van der Waals surface area contributed by atoms with Crippen LogP contribution in [-0.4, -0.2) is 37.2 Å². The first-order chi connectivity index (χ1) is 5.56. The predicted molar refractivity (Wildman–Crippen MR) is 42.1 cm³/mol. The molecule has 1 fully saturated rings. The van der Waals surface area contributed by atoms with Gasteiger partial charge in [0.05, 0.1) is 0 Å². The second kappa shape index (κ2) is 5.29. The summed E-state index contributed by atoms with van der Waals surface area (Å²) in [5, 5.41) is 2.14. The maximum absolute atomic E-state index is 10.1. The zero-order chi connectivity index (χ0) is 9.56. The summed E-state index contributed by atoms with van der Waals surface area (Å²) in [4.78, 5) is 31.1. The van der Waals surface area contributed by atoms with Crippen molar-refractivity contribution in [1.29, 1.82) is 0 Å². The summed E-state index contributed by atoms with van der Waals surface area (Å²) < 4.78 is 0. The molecule has 68 valence electrons. The van der Waals surface area contributed by atoms with E-state index in [2.05, 4.69) is 5.32 Å². The van der Waals surface area contributed by atoms with Crippen molar-refractivity contribution in [2.45, 2.75) is 12.8 Å². The number of hydrogen-bond donors (Lipinski definition) is 1. The molecule has 0 aromatic heterocycles. The first kappa shape index (κ1) is 10.6. The van der Waals surface area contributed by atoms with Crippen LogP contribution in [0.4, 0.5) is 0 Å². The molecule has 0 aliphatic carbocycles. The van der Waals surface area contributed by atoms with E-state index >= 15 is 0 Å². The third kappa shape index (κ3) is 5.40. The normalized spacial score (nSPS) is 14.5. The third-order valence-corrected chi connectivity index (χ3v) is 1.07. The van der Waals surface area contributed by atoms with Crippen LogP contribution in [0.1, 0.15) is 12.8 Å². The Balaban J connectivity index is 0.000000217. The largest absolute Gasteiger partial charge is 0.351 e. The van der Waals surface area contributed by atoms with E-state index in [0.29, 0.717) is 12.8 Å². The van der Waals surface area contributed by atoms with E-state index in [1.54, 1.807) is 14.1 Å². The van der Waals surface area contributed by atoms with Gasteiger partial charge in [0, 0.05) is 26.9 Å². The number of carbonyl (C=O) groups excluding carboxylic acids is 3. The highest BCUT2D eigenvalue weighted by molar-refractivity contribution is 6.01. The molecule has 5 heteroatoms. The van der Waals surface area contributed by atoms with Gasteiger partial charge in [-0.15, -0.1) is 0 Å². The van der Waals surface area contributed by atoms with Crippen molar-refractivity contribution in [3.63, 3.8) is 0 Å². The van der Waals surface area contributed by atoms with Gasteiger partial charge in [-0.2, -0.15) is 0 Å². The van der Waals surface area contributed by atoms with Crippen LogP contribution < -0.4 is 5.32 Å². The summed E-state index contributed by atoms with van der Waals surface area (Å²) in [7, 11) is 3.38. The smallest absolute Gasteiger partial charge is 0.227 e. The zero-order valence-electron chi connectivity index (χ0n) is 7.16. The van der Waals surface area contributed by atoms with E-state index in [-0.39, 0.29) is 11.8 Å². The predicted octanol–water partition coefficient (Wildman–Crippen LogP) is -0.873. The van der Waals surface area contributed by atoms with Gasteiger partial charge in [-0.1, -0.05) is 0 Å². The average Bonchev–Trinajstić information content (AvgIpc) is 2.36. The van der Waals surface area contributed by atoms with Gasteiger partial charge >= 0.3 is 0 Å². The molecule has 0 aromatic rings. The molecule has 1 aliphatic heterocycles. The van der Waals surface area contributed by atoms with Crippen LogP contribution in [0, 0.1) is 0 Å². The van der Waals surface area contributed by atoms with Crippen LogP contribution in [0.15, 0.2) is 0 Å². The summed E-state index contributed by atoms with van der Waals surface area (Å²) in [6.45, 7) is 0. The standard InChI is InChI=1S/C4H5NO2.C3H7NO/c6-3-1-2-4(7)5-3;1-4(2)3-5/h1-2H2,(H,5,6,7);3H,1-2H3. The molecule has 0 radical (unpaired) electrons. The zero-order valence-corrected chi connectivity index (χ0v) is 7.16. The SMILES string of the molecule is CN(C)C=O.O=C1CCC(=O)N1. The van der Waals surface area contributed by atoms with Gasteiger partial charge in [-0.05, 0) is 0 Å². The Morgan fingerprint density at radius 3 is 1.67 bits per heavy atom. The van der Waals surface area contributed by atoms with Crippen molar-refractivity contribution in [3.05, 3.63) is 0 Å². The molecule has 0 bridgehead atoms. The average molecular weight is 172 g/mol. The van der Waals surface area contributed by atoms with Crippen LogP contribution in [0.5, 0.6) is 0 Å². The molecule has 12 heavy (non-hydrogen) atoms. The molecule has 1 heterocycles. The number of carbonyl (C=O) groups is 3. The number of hydrogen-bond acceptors (Lipinski definition) is 3. The molecule has 0 spiro atoms. The van der Waals surface area contributed by atoms with Crippen LogP contribution in [0.2, 0.25) is 0 Å². The second-order valence-electron chi connectivity index (χ2n) is 2.54. The highest BCUT2D eigenvalue weighted by atomic mass is 16.2. The van der Waals surface area contributed by atoms with Crippen LogP contribution in [-0.2, 0) is 14.4 Å². The Bertz CT molecular complexity index is 175. The van der Waals surface area contributed by atoms with E-state index < -0.39 is 0 Å². The van der Waals surface area contributed by atoms with Gasteiger partial charge in [-0.3, -0.25) is 19.7 Å². The molecule has 1 aliphatic rings. The molecule has 0 atom stereocenters. The molecule has 0 saturated carbocycles. The molecule has 5 nitrogen and oxygen atoms in total. The summed E-state index contributed by atoms with van der Waals surface area (Å²) >= 11 is 0.